The molecular weight excluding hydrogens is 596 g/mol. The highest BCUT2D eigenvalue weighted by molar-refractivity contribution is 7.16. The molecule has 6 aliphatic rings. The van der Waals surface area contributed by atoms with E-state index in [-0.39, 0.29) is 29.7 Å². The summed E-state index contributed by atoms with van der Waals surface area (Å²) in [6.07, 6.45) is 6.97. The molecule has 2 aliphatic carbocycles. The number of nitrogen functional groups attached to an aromatic ring is 1. The number of piperazine rings is 1. The van der Waals surface area contributed by atoms with Crippen molar-refractivity contribution in [2.75, 3.05) is 68.0 Å². The lowest BCUT2D eigenvalue weighted by Crippen LogP contribution is -2.61. The number of halogens is 2. The van der Waals surface area contributed by atoms with E-state index in [9.17, 15) is 19.3 Å². The number of aryl methyl sites for hydroxylation is 1. The van der Waals surface area contributed by atoms with Crippen molar-refractivity contribution < 1.29 is 13.5 Å². The molecule has 6 heterocycles. The van der Waals surface area contributed by atoms with E-state index in [0.717, 1.165) is 70.1 Å². The molecule has 1 spiro atoms. The van der Waals surface area contributed by atoms with E-state index in [0.29, 0.717) is 72.6 Å². The molecule has 0 unspecified atom stereocenters. The molecule has 13 heteroatoms. The first-order valence-corrected chi connectivity index (χ1v) is 17.1. The van der Waals surface area contributed by atoms with E-state index in [2.05, 4.69) is 32.2 Å². The second-order valence-corrected chi connectivity index (χ2v) is 15.5. The lowest BCUT2D eigenvalue weighted by molar-refractivity contribution is -0.0591. The number of hydrogen-bond acceptors (Lipinski definition) is 11. The van der Waals surface area contributed by atoms with Gasteiger partial charge in [-0.25, -0.2) is 8.78 Å². The van der Waals surface area contributed by atoms with E-state index in [4.69, 9.17) is 20.4 Å². The second-order valence-electron chi connectivity index (χ2n) is 14.3. The Morgan fingerprint density at radius 2 is 1.62 bits per heavy atom. The van der Waals surface area contributed by atoms with Gasteiger partial charge in [0.25, 0.3) is 5.92 Å². The highest BCUT2D eigenvalue weighted by Gasteiger charge is 2.51. The number of ether oxygens (including phenoxy) is 1. The average Bonchev–Trinajstić information content (AvgIpc) is 3.58. The van der Waals surface area contributed by atoms with Crippen LogP contribution in [0.25, 0.3) is 0 Å². The summed E-state index contributed by atoms with van der Waals surface area (Å²) in [7, 11) is 0. The molecule has 1 saturated carbocycles. The Balaban J connectivity index is 1.07. The average molecular weight is 636 g/mol. The summed E-state index contributed by atoms with van der Waals surface area (Å²) < 4.78 is 33.9. The first-order valence-electron chi connectivity index (χ1n) is 16.3. The predicted octanol–water partition coefficient (Wildman–Crippen LogP) is 3.79. The lowest BCUT2D eigenvalue weighted by atomic mass is 9.66. The second kappa shape index (κ2) is 10.6. The number of thiophene rings is 1. The van der Waals surface area contributed by atoms with Crippen molar-refractivity contribution in [3.63, 3.8) is 0 Å². The molecule has 8 rings (SSSR count). The number of nitrogens with zero attached hydrogens (tertiary/aromatic N) is 7. The summed E-state index contributed by atoms with van der Waals surface area (Å²) in [6.45, 7) is 4.84. The van der Waals surface area contributed by atoms with E-state index in [1.807, 2.05) is 0 Å². The fraction of sp³-hybridized carbons (Fsp3) is 0.688. The molecule has 4 aliphatic heterocycles. The van der Waals surface area contributed by atoms with Crippen LogP contribution in [-0.2, 0) is 11.8 Å². The number of alkyl halides is 2. The topological polar surface area (TPSA) is 130 Å². The van der Waals surface area contributed by atoms with Gasteiger partial charge in [-0.15, -0.1) is 11.3 Å². The molecule has 0 amide bonds. The van der Waals surface area contributed by atoms with Gasteiger partial charge in [0.05, 0.1) is 12.2 Å². The van der Waals surface area contributed by atoms with Gasteiger partial charge in [0, 0.05) is 86.4 Å². The molecule has 2 aromatic heterocycles. The van der Waals surface area contributed by atoms with Crippen LogP contribution >= 0.6 is 11.3 Å². The smallest absolute Gasteiger partial charge is 0.320 e. The maximum absolute atomic E-state index is 13.7. The number of fused-ring (bicyclic) bond motifs is 4. The van der Waals surface area contributed by atoms with Gasteiger partial charge in [0.15, 0.2) is 11.6 Å². The molecule has 0 aromatic carbocycles. The normalized spacial score (nSPS) is 27.4. The van der Waals surface area contributed by atoms with Gasteiger partial charge in [-0.2, -0.15) is 20.5 Å². The summed E-state index contributed by atoms with van der Waals surface area (Å²) in [5.41, 5.74) is 8.20. The Bertz CT molecular complexity index is 1570. The molecule has 10 nitrogen and oxygen atoms in total. The molecule has 2 aromatic rings. The summed E-state index contributed by atoms with van der Waals surface area (Å²) >= 11 is 1.54. The fourth-order valence-electron chi connectivity index (χ4n) is 8.47. The molecule has 4 saturated heterocycles. The van der Waals surface area contributed by atoms with Gasteiger partial charge >= 0.3 is 6.01 Å². The van der Waals surface area contributed by atoms with Gasteiger partial charge in [-0.05, 0) is 50.5 Å². The number of nitrogens with one attached hydrogen (secondary N) is 1. The number of hydrogen-bond donors (Lipinski definition) is 2. The van der Waals surface area contributed by atoms with Gasteiger partial charge < -0.3 is 30.5 Å². The number of likely N-dealkylation sites (tertiary alicyclic amines) is 1. The fourth-order valence-corrected chi connectivity index (χ4v) is 9.66. The van der Waals surface area contributed by atoms with E-state index >= 15 is 0 Å². The zero-order chi connectivity index (χ0) is 31.0. The number of aromatic nitrogens is 2. The summed E-state index contributed by atoms with van der Waals surface area (Å²) in [6, 6.07) is 5.81. The highest BCUT2D eigenvalue weighted by atomic mass is 32.1. The Labute approximate surface area is 266 Å². The molecule has 238 valence electrons. The Morgan fingerprint density at radius 1 is 0.956 bits per heavy atom. The van der Waals surface area contributed by atoms with Gasteiger partial charge in [0.2, 0.25) is 0 Å². The van der Waals surface area contributed by atoms with Crippen LogP contribution in [0.1, 0.15) is 72.9 Å². The summed E-state index contributed by atoms with van der Waals surface area (Å²) in [5.74, 6) is -1.34. The van der Waals surface area contributed by atoms with Gasteiger partial charge in [-0.1, -0.05) is 0 Å². The van der Waals surface area contributed by atoms with Crippen LogP contribution in [0.5, 0.6) is 6.01 Å². The third-order valence-electron chi connectivity index (χ3n) is 11.1. The summed E-state index contributed by atoms with van der Waals surface area (Å²) in [4.78, 5) is 17.5. The third kappa shape index (κ3) is 5.17. The monoisotopic (exact) mass is 635 g/mol. The SMILES string of the molecule is N#Cc1c(N2C[C@H]3CC[C@@H](C2)N3)nc(OCC2(CN3CCC(F)(F)CC3)CC2)nc1N1CC2(CCCc3sc(N)c(C#N)c32)C1. The minimum Gasteiger partial charge on any atom is -0.463 e. The maximum atomic E-state index is 13.7. The van der Waals surface area contributed by atoms with Crippen LogP contribution in [0, 0.1) is 28.1 Å². The molecular formula is C32H39F2N9OS. The van der Waals surface area contributed by atoms with Crippen LogP contribution in [0.4, 0.5) is 25.4 Å². The first-order chi connectivity index (χ1) is 21.7. The number of piperidine rings is 1. The van der Waals surface area contributed by atoms with Crippen LogP contribution in [0.15, 0.2) is 0 Å². The quantitative estimate of drug-likeness (QED) is 0.464. The van der Waals surface area contributed by atoms with Crippen molar-refractivity contribution >= 4 is 28.0 Å². The largest absolute Gasteiger partial charge is 0.463 e. The lowest BCUT2D eigenvalue weighted by Gasteiger charge is -2.53. The van der Waals surface area contributed by atoms with Gasteiger partial charge in [-0.3, -0.25) is 0 Å². The number of rotatable bonds is 7. The van der Waals surface area contributed by atoms with Crippen LogP contribution in [0.2, 0.25) is 0 Å². The van der Waals surface area contributed by atoms with Crippen LogP contribution < -0.4 is 25.6 Å². The molecule has 2 atom stereocenters. The third-order valence-corrected chi connectivity index (χ3v) is 12.2. The van der Waals surface area contributed by atoms with E-state index < -0.39 is 5.92 Å². The summed E-state index contributed by atoms with van der Waals surface area (Å²) in [5, 5.41) is 24.7. The first kappa shape index (κ1) is 29.2. The van der Waals surface area contributed by atoms with Crippen LogP contribution in [-0.4, -0.2) is 85.3 Å². The Hall–Kier alpha value is -3.26. The molecule has 5 fully saturated rings. The van der Waals surface area contributed by atoms with Crippen molar-refractivity contribution in [3.8, 4) is 18.1 Å². The van der Waals surface area contributed by atoms with E-state index in [1.165, 1.54) is 4.88 Å². The zero-order valence-corrected chi connectivity index (χ0v) is 26.3. The Morgan fingerprint density at radius 3 is 2.27 bits per heavy atom. The number of nitriles is 2. The molecule has 2 bridgehead atoms. The maximum Gasteiger partial charge on any atom is 0.320 e. The van der Waals surface area contributed by atoms with Gasteiger partial charge in [0.1, 0.15) is 22.7 Å². The molecule has 0 radical (unpaired) electrons. The van der Waals surface area contributed by atoms with Crippen molar-refractivity contribution in [1.29, 1.82) is 10.5 Å². The minimum atomic E-state index is -2.56. The number of nitrogens with two attached hydrogens (primary N) is 1. The molecule has 45 heavy (non-hydrogen) atoms. The zero-order valence-electron chi connectivity index (χ0n) is 25.5. The van der Waals surface area contributed by atoms with Crippen molar-refractivity contribution in [1.82, 2.24) is 20.2 Å². The Kier molecular flexibility index (Phi) is 6.90. The standard InChI is InChI=1S/C32H39F2N9OS/c33-32(34)8-10-41(11-9-32)16-30(6-7-30)19-44-29-39-27(42-14-20-3-4-21(15-42)38-20)23(13-36)28(40-29)43-17-31(18-43)5-1-2-24-25(31)22(12-35)26(37)45-24/h20-21,38H,1-11,14-19,37H2/t20-,21+. The van der Waals surface area contributed by atoms with Crippen LogP contribution in [0.3, 0.4) is 0 Å². The molecule has 3 N–H and O–H groups in total. The van der Waals surface area contributed by atoms with E-state index in [1.54, 1.807) is 11.3 Å². The number of anilines is 3. The minimum absolute atomic E-state index is 0.0791. The van der Waals surface area contributed by atoms with Crippen molar-refractivity contribution in [2.24, 2.45) is 5.41 Å². The highest BCUT2D eigenvalue weighted by Crippen LogP contribution is 2.52. The van der Waals surface area contributed by atoms with Crippen molar-refractivity contribution in [2.45, 2.75) is 81.2 Å². The predicted molar refractivity (Wildman–Crippen MR) is 167 cm³/mol. The van der Waals surface area contributed by atoms with Crippen molar-refractivity contribution in [3.05, 3.63) is 21.6 Å².